The van der Waals surface area contributed by atoms with Crippen LogP contribution in [0.2, 0.25) is 0 Å². The second kappa shape index (κ2) is 10.7. The van der Waals surface area contributed by atoms with Crippen LogP contribution in [0.3, 0.4) is 0 Å². The van der Waals surface area contributed by atoms with Crippen molar-refractivity contribution < 1.29 is 27.5 Å². The molecule has 9 heteroatoms. The molecule has 5 saturated carbocycles. The van der Waals surface area contributed by atoms with E-state index < -0.39 is 10.1 Å². The number of hydrogen-bond acceptors (Lipinski definition) is 6. The van der Waals surface area contributed by atoms with Crippen LogP contribution in [-0.4, -0.2) is 42.2 Å². The summed E-state index contributed by atoms with van der Waals surface area (Å²) in [5, 5.41) is 2.99. The van der Waals surface area contributed by atoms with E-state index in [1.807, 2.05) is 20.8 Å². The maximum atomic E-state index is 12.3. The molecule has 2 spiro atoms. The largest absolute Gasteiger partial charge is 0.354 e. The third kappa shape index (κ3) is 6.53. The summed E-state index contributed by atoms with van der Waals surface area (Å²) in [6.45, 7) is 6.25. The van der Waals surface area contributed by atoms with Gasteiger partial charge >= 0.3 is 0 Å². The van der Waals surface area contributed by atoms with E-state index >= 15 is 0 Å². The van der Waals surface area contributed by atoms with Crippen LogP contribution in [-0.2, 0) is 24.7 Å². The first-order chi connectivity index (χ1) is 18.3. The van der Waals surface area contributed by atoms with Gasteiger partial charge in [0.15, 0.2) is 0 Å². The Balaban J connectivity index is 0.000000237. The second-order valence-electron chi connectivity index (χ2n) is 14.0. The number of aryl methyl sites for hydroxylation is 1. The van der Waals surface area contributed by atoms with E-state index in [0.717, 1.165) is 61.3 Å². The molecular weight excluding hydrogens is 516 g/mol. The molecule has 7 rings (SSSR count). The van der Waals surface area contributed by atoms with Gasteiger partial charge in [-0.2, -0.15) is 8.42 Å². The third-order valence-electron chi connectivity index (χ3n) is 10.0. The summed E-state index contributed by atoms with van der Waals surface area (Å²) in [5.74, 6) is 3.98. The highest BCUT2D eigenvalue weighted by Crippen LogP contribution is 2.65. The maximum Gasteiger partial charge on any atom is 0.294 e. The monoisotopic (exact) mass is 562 g/mol. The minimum atomic E-state index is -4.02. The lowest BCUT2D eigenvalue weighted by atomic mass is 9.48. The lowest BCUT2D eigenvalue weighted by molar-refractivity contribution is -0.385. The molecular formula is C30H46N2O6S. The molecule has 4 N–H and O–H groups in total. The number of hydrogen-bond donors (Lipinski definition) is 3. The van der Waals surface area contributed by atoms with Crippen LogP contribution in [0, 0.1) is 36.5 Å². The van der Waals surface area contributed by atoms with E-state index in [1.54, 1.807) is 12.1 Å². The quantitative estimate of drug-likeness (QED) is 0.342. The van der Waals surface area contributed by atoms with E-state index in [1.165, 1.54) is 44.2 Å². The molecule has 1 aromatic carbocycles. The topological polar surface area (TPSA) is 128 Å². The lowest BCUT2D eigenvalue weighted by Crippen LogP contribution is -2.58. The fourth-order valence-corrected chi connectivity index (χ4v) is 8.65. The summed E-state index contributed by atoms with van der Waals surface area (Å²) in [6, 6.07) is 5.99. The summed E-state index contributed by atoms with van der Waals surface area (Å²) in [7, 11) is -4.02. The van der Waals surface area contributed by atoms with Crippen molar-refractivity contribution in [3.63, 3.8) is 0 Å². The van der Waals surface area contributed by atoms with Crippen LogP contribution in [0.25, 0.3) is 0 Å². The van der Waals surface area contributed by atoms with Crippen molar-refractivity contribution in [1.82, 2.24) is 5.32 Å². The molecule has 0 unspecified atom stereocenters. The van der Waals surface area contributed by atoms with Gasteiger partial charge in [-0.3, -0.25) is 9.35 Å². The molecule has 0 radical (unpaired) electrons. The number of amides is 1. The van der Waals surface area contributed by atoms with Crippen molar-refractivity contribution in [3.05, 3.63) is 29.8 Å². The van der Waals surface area contributed by atoms with Gasteiger partial charge in [-0.05, 0) is 120 Å². The molecule has 1 saturated heterocycles. The number of carbonyl (C=O) groups is 1. The first kappa shape index (κ1) is 29.0. The molecule has 1 heterocycles. The molecule has 218 valence electrons. The SMILES string of the molecule is CC(C)(N)CNC(=O)CC1CCC2(CC1)CC1(OO2)C2CC3CC(C2)CC1C3.Cc1ccc(S(=O)(=O)O)cc1. The van der Waals surface area contributed by atoms with Gasteiger partial charge in [0.1, 0.15) is 11.2 Å². The highest BCUT2D eigenvalue weighted by atomic mass is 32.2. The smallest absolute Gasteiger partial charge is 0.294 e. The van der Waals surface area contributed by atoms with Crippen molar-refractivity contribution in [2.24, 2.45) is 35.3 Å². The van der Waals surface area contributed by atoms with E-state index in [0.29, 0.717) is 18.9 Å². The number of carbonyl (C=O) groups excluding carboxylic acids is 1. The van der Waals surface area contributed by atoms with Gasteiger partial charge in [0.2, 0.25) is 5.91 Å². The maximum absolute atomic E-state index is 12.3. The highest BCUT2D eigenvalue weighted by molar-refractivity contribution is 7.85. The van der Waals surface area contributed by atoms with Crippen LogP contribution >= 0.6 is 0 Å². The Morgan fingerprint density at radius 1 is 1.03 bits per heavy atom. The molecule has 6 fully saturated rings. The summed E-state index contributed by atoms with van der Waals surface area (Å²) in [5.41, 5.74) is 6.51. The molecule has 39 heavy (non-hydrogen) atoms. The van der Waals surface area contributed by atoms with Gasteiger partial charge < -0.3 is 11.1 Å². The van der Waals surface area contributed by atoms with Gasteiger partial charge in [-0.15, -0.1) is 0 Å². The lowest BCUT2D eigenvalue weighted by Gasteiger charge is -2.58. The zero-order valence-corrected chi connectivity index (χ0v) is 24.5. The average Bonchev–Trinajstić information content (AvgIpc) is 3.22. The van der Waals surface area contributed by atoms with Crippen molar-refractivity contribution in [1.29, 1.82) is 0 Å². The predicted octanol–water partition coefficient (Wildman–Crippen LogP) is 4.95. The number of benzene rings is 1. The molecule has 1 aromatic rings. The third-order valence-corrected chi connectivity index (χ3v) is 10.9. The average molecular weight is 563 g/mol. The predicted molar refractivity (Wildman–Crippen MR) is 148 cm³/mol. The van der Waals surface area contributed by atoms with Crippen molar-refractivity contribution >= 4 is 16.0 Å². The fourth-order valence-electron chi connectivity index (χ4n) is 8.17. The van der Waals surface area contributed by atoms with Crippen molar-refractivity contribution in [2.45, 2.75) is 113 Å². The Morgan fingerprint density at radius 2 is 1.59 bits per heavy atom. The summed E-state index contributed by atoms with van der Waals surface area (Å²) in [6.07, 6.45) is 12.9. The van der Waals surface area contributed by atoms with E-state index in [4.69, 9.17) is 20.1 Å². The summed E-state index contributed by atoms with van der Waals surface area (Å²) < 4.78 is 29.6. The minimum absolute atomic E-state index is 0.0182. The zero-order valence-electron chi connectivity index (χ0n) is 23.7. The summed E-state index contributed by atoms with van der Waals surface area (Å²) in [4.78, 5) is 24.7. The Labute approximate surface area is 233 Å². The number of nitrogens with one attached hydrogen (secondary N) is 1. The van der Waals surface area contributed by atoms with Gasteiger partial charge in [0, 0.05) is 24.9 Å². The number of rotatable bonds is 5. The molecule has 8 nitrogen and oxygen atoms in total. The van der Waals surface area contributed by atoms with Crippen molar-refractivity contribution in [3.8, 4) is 0 Å². The van der Waals surface area contributed by atoms with Gasteiger partial charge in [0.25, 0.3) is 10.1 Å². The minimum Gasteiger partial charge on any atom is -0.354 e. The summed E-state index contributed by atoms with van der Waals surface area (Å²) >= 11 is 0. The van der Waals surface area contributed by atoms with E-state index in [9.17, 15) is 13.2 Å². The molecule has 6 aliphatic rings. The van der Waals surface area contributed by atoms with Gasteiger partial charge in [-0.1, -0.05) is 17.7 Å². The molecule has 0 atom stereocenters. The zero-order chi connectivity index (χ0) is 28.1. The molecule has 1 aliphatic heterocycles. The highest BCUT2D eigenvalue weighted by Gasteiger charge is 2.65. The number of nitrogens with two attached hydrogens (primary N) is 1. The van der Waals surface area contributed by atoms with E-state index in [2.05, 4.69) is 5.32 Å². The van der Waals surface area contributed by atoms with Crippen LogP contribution < -0.4 is 11.1 Å². The van der Waals surface area contributed by atoms with Gasteiger partial charge in [-0.25, -0.2) is 9.78 Å². The Hall–Kier alpha value is -1.52. The first-order valence-electron chi connectivity index (χ1n) is 14.7. The molecule has 4 bridgehead atoms. The van der Waals surface area contributed by atoms with Crippen LogP contribution in [0.4, 0.5) is 0 Å². The normalized spacial score (nSPS) is 37.1. The fraction of sp³-hybridized carbons (Fsp3) is 0.767. The Morgan fingerprint density at radius 3 is 2.10 bits per heavy atom. The Kier molecular flexibility index (Phi) is 7.96. The molecule has 5 aliphatic carbocycles. The second-order valence-corrected chi connectivity index (χ2v) is 15.4. The van der Waals surface area contributed by atoms with E-state index in [-0.39, 0.29) is 27.5 Å². The van der Waals surface area contributed by atoms with Crippen LogP contribution in [0.15, 0.2) is 29.2 Å². The van der Waals surface area contributed by atoms with Crippen molar-refractivity contribution in [2.75, 3.05) is 6.54 Å². The van der Waals surface area contributed by atoms with Gasteiger partial charge in [0.05, 0.1) is 4.90 Å². The Bertz CT molecular complexity index is 1110. The molecule has 0 aromatic heterocycles. The van der Waals surface area contributed by atoms with Crippen LogP contribution in [0.5, 0.6) is 0 Å². The standard InChI is InChI=1S/C23H38N2O3.C7H8O3S/c1-21(2,24)14-25-20(26)12-15-3-5-22(6-4-15)13-23(28-27-22)18-8-16-7-17(10-18)11-19(23)9-16;1-6-2-4-7(5-3-6)11(8,9)10/h15-19H,3-14,24H2,1-2H3,(H,25,26);2-5H,1H3,(H,8,9,10). The van der Waals surface area contributed by atoms with Crippen LogP contribution in [0.1, 0.15) is 90.0 Å². The first-order valence-corrected chi connectivity index (χ1v) is 16.2. The molecule has 1 amide bonds.